The van der Waals surface area contributed by atoms with Crippen LogP contribution in [0.3, 0.4) is 0 Å². The van der Waals surface area contributed by atoms with Crippen LogP contribution >= 0.6 is 11.3 Å². The van der Waals surface area contributed by atoms with E-state index in [2.05, 4.69) is 10.3 Å². The van der Waals surface area contributed by atoms with Crippen molar-refractivity contribution in [1.82, 2.24) is 4.98 Å². The first-order valence-corrected chi connectivity index (χ1v) is 8.26. The molecule has 1 N–H and O–H groups in total. The van der Waals surface area contributed by atoms with E-state index in [-0.39, 0.29) is 0 Å². The molecule has 5 heteroatoms. The summed E-state index contributed by atoms with van der Waals surface area (Å²) in [4.78, 5) is 4.63. The summed E-state index contributed by atoms with van der Waals surface area (Å²) in [7, 11) is 1.67. The minimum Gasteiger partial charge on any atom is -0.497 e. The van der Waals surface area contributed by atoms with E-state index in [1.807, 2.05) is 60.8 Å². The van der Waals surface area contributed by atoms with Crippen molar-refractivity contribution < 1.29 is 9.47 Å². The zero-order chi connectivity index (χ0) is 16.1. The monoisotopic (exact) mass is 326 g/mol. The average molecular weight is 326 g/mol. The predicted molar refractivity (Wildman–Crippen MR) is 95.0 cm³/mol. The molecule has 0 radical (unpaired) electrons. The summed E-state index contributed by atoms with van der Waals surface area (Å²) in [5.74, 6) is 1.70. The van der Waals surface area contributed by atoms with Crippen molar-refractivity contribution in [1.29, 1.82) is 0 Å². The number of aromatic nitrogens is 1. The highest BCUT2D eigenvalue weighted by Gasteiger charge is 2.06. The third-order valence-electron chi connectivity index (χ3n) is 3.29. The van der Waals surface area contributed by atoms with E-state index in [0.717, 1.165) is 33.6 Å². The van der Waals surface area contributed by atoms with Crippen molar-refractivity contribution in [2.45, 2.75) is 6.92 Å². The molecule has 0 amide bonds. The number of hydrogen-bond acceptors (Lipinski definition) is 5. The molecule has 0 fully saturated rings. The minimum atomic E-state index is 0.670. The molecule has 0 atom stereocenters. The molecule has 0 saturated heterocycles. The highest BCUT2D eigenvalue weighted by atomic mass is 32.1. The number of nitrogens with one attached hydrogen (secondary N) is 1. The fourth-order valence-corrected chi connectivity index (χ4v) is 2.91. The molecular formula is C18H18N2O2S. The molecule has 1 heterocycles. The molecule has 23 heavy (non-hydrogen) atoms. The summed E-state index contributed by atoms with van der Waals surface area (Å²) in [6.07, 6.45) is 0. The standard InChI is InChI=1S/C18H18N2O2S/c1-3-22-15-9-7-14(8-10-15)19-18-20-17(12-23-18)13-5-4-6-16(11-13)21-2/h4-12H,3H2,1-2H3,(H,19,20). The van der Waals surface area contributed by atoms with Gasteiger partial charge in [0.15, 0.2) is 5.13 Å². The van der Waals surface area contributed by atoms with Crippen LogP contribution in [0.15, 0.2) is 53.9 Å². The normalized spacial score (nSPS) is 10.3. The number of thiazole rings is 1. The molecule has 0 aliphatic heterocycles. The number of benzene rings is 2. The molecule has 0 saturated carbocycles. The van der Waals surface area contributed by atoms with Crippen LogP contribution in [-0.2, 0) is 0 Å². The third kappa shape index (κ3) is 3.81. The Balaban J connectivity index is 1.73. The van der Waals surface area contributed by atoms with Gasteiger partial charge in [-0.3, -0.25) is 0 Å². The Morgan fingerprint density at radius 3 is 2.65 bits per heavy atom. The number of rotatable bonds is 6. The van der Waals surface area contributed by atoms with Crippen molar-refractivity contribution >= 4 is 22.2 Å². The fourth-order valence-electron chi connectivity index (χ4n) is 2.17. The van der Waals surface area contributed by atoms with Crippen molar-refractivity contribution in [3.05, 3.63) is 53.9 Å². The van der Waals surface area contributed by atoms with E-state index >= 15 is 0 Å². The van der Waals surface area contributed by atoms with E-state index in [1.54, 1.807) is 18.4 Å². The smallest absolute Gasteiger partial charge is 0.187 e. The molecule has 0 bridgehead atoms. The van der Waals surface area contributed by atoms with Crippen LogP contribution < -0.4 is 14.8 Å². The Hall–Kier alpha value is -2.53. The largest absolute Gasteiger partial charge is 0.497 e. The van der Waals surface area contributed by atoms with Crippen LogP contribution in [0.2, 0.25) is 0 Å². The summed E-state index contributed by atoms with van der Waals surface area (Å²) >= 11 is 1.57. The zero-order valence-electron chi connectivity index (χ0n) is 13.1. The SMILES string of the molecule is CCOc1ccc(Nc2nc(-c3cccc(OC)c3)cs2)cc1. The minimum absolute atomic E-state index is 0.670. The van der Waals surface area contributed by atoms with Gasteiger partial charge in [-0.05, 0) is 43.3 Å². The van der Waals surface area contributed by atoms with E-state index in [0.29, 0.717) is 6.61 Å². The topological polar surface area (TPSA) is 43.4 Å². The van der Waals surface area contributed by atoms with Crippen molar-refractivity contribution in [3.8, 4) is 22.8 Å². The lowest BCUT2D eigenvalue weighted by Crippen LogP contribution is -1.93. The average Bonchev–Trinajstić information content (AvgIpc) is 3.05. The maximum Gasteiger partial charge on any atom is 0.187 e. The summed E-state index contributed by atoms with van der Waals surface area (Å²) < 4.78 is 10.7. The number of methoxy groups -OCH3 is 1. The fraction of sp³-hybridized carbons (Fsp3) is 0.167. The summed E-state index contributed by atoms with van der Waals surface area (Å²) in [6, 6.07) is 15.8. The summed E-state index contributed by atoms with van der Waals surface area (Å²) in [5.41, 5.74) is 2.96. The van der Waals surface area contributed by atoms with Gasteiger partial charge in [-0.2, -0.15) is 0 Å². The van der Waals surface area contributed by atoms with Crippen LogP contribution in [0.5, 0.6) is 11.5 Å². The van der Waals surface area contributed by atoms with Gasteiger partial charge in [-0.15, -0.1) is 11.3 Å². The van der Waals surface area contributed by atoms with Gasteiger partial charge in [-0.25, -0.2) is 4.98 Å². The van der Waals surface area contributed by atoms with Gasteiger partial charge in [0.05, 0.1) is 19.4 Å². The first-order chi connectivity index (χ1) is 11.3. The molecule has 1 aromatic heterocycles. The second-order valence-electron chi connectivity index (χ2n) is 4.85. The Labute approximate surface area is 139 Å². The van der Waals surface area contributed by atoms with Gasteiger partial charge in [0, 0.05) is 16.6 Å². The predicted octanol–water partition coefficient (Wildman–Crippen LogP) is 4.96. The lowest BCUT2D eigenvalue weighted by atomic mass is 10.2. The highest BCUT2D eigenvalue weighted by Crippen LogP contribution is 2.29. The zero-order valence-corrected chi connectivity index (χ0v) is 13.9. The molecule has 4 nitrogen and oxygen atoms in total. The number of nitrogens with zero attached hydrogens (tertiary/aromatic N) is 1. The molecule has 3 aromatic rings. The van der Waals surface area contributed by atoms with E-state index < -0.39 is 0 Å². The Morgan fingerprint density at radius 1 is 1.09 bits per heavy atom. The van der Waals surface area contributed by atoms with Gasteiger partial charge >= 0.3 is 0 Å². The quantitative estimate of drug-likeness (QED) is 0.695. The van der Waals surface area contributed by atoms with Crippen molar-refractivity contribution in [2.75, 3.05) is 19.0 Å². The Bertz CT molecular complexity index is 769. The van der Waals surface area contributed by atoms with E-state index in [1.165, 1.54) is 0 Å². The van der Waals surface area contributed by atoms with Gasteiger partial charge in [0.2, 0.25) is 0 Å². The van der Waals surface area contributed by atoms with Gasteiger partial charge < -0.3 is 14.8 Å². The van der Waals surface area contributed by atoms with Crippen molar-refractivity contribution in [2.24, 2.45) is 0 Å². The lowest BCUT2D eigenvalue weighted by Gasteiger charge is -2.05. The molecule has 0 unspecified atom stereocenters. The van der Waals surface area contributed by atoms with Gasteiger partial charge in [0.25, 0.3) is 0 Å². The first-order valence-electron chi connectivity index (χ1n) is 7.38. The van der Waals surface area contributed by atoms with Crippen LogP contribution in [0.4, 0.5) is 10.8 Å². The van der Waals surface area contributed by atoms with Crippen LogP contribution in [0.25, 0.3) is 11.3 Å². The Morgan fingerprint density at radius 2 is 1.91 bits per heavy atom. The molecule has 0 aliphatic carbocycles. The molecule has 0 aliphatic rings. The van der Waals surface area contributed by atoms with Crippen LogP contribution in [-0.4, -0.2) is 18.7 Å². The maximum absolute atomic E-state index is 5.44. The third-order valence-corrected chi connectivity index (χ3v) is 4.04. The van der Waals surface area contributed by atoms with E-state index in [9.17, 15) is 0 Å². The second kappa shape index (κ2) is 7.15. The summed E-state index contributed by atoms with van der Waals surface area (Å²) in [5, 5.41) is 6.20. The molecule has 2 aromatic carbocycles. The second-order valence-corrected chi connectivity index (χ2v) is 5.71. The van der Waals surface area contributed by atoms with Crippen LogP contribution in [0, 0.1) is 0 Å². The maximum atomic E-state index is 5.44. The van der Waals surface area contributed by atoms with E-state index in [4.69, 9.17) is 9.47 Å². The molecule has 3 rings (SSSR count). The molecular weight excluding hydrogens is 308 g/mol. The number of anilines is 2. The Kier molecular flexibility index (Phi) is 4.78. The summed E-state index contributed by atoms with van der Waals surface area (Å²) in [6.45, 7) is 2.64. The van der Waals surface area contributed by atoms with Gasteiger partial charge in [0.1, 0.15) is 11.5 Å². The number of ether oxygens (including phenoxy) is 2. The lowest BCUT2D eigenvalue weighted by molar-refractivity contribution is 0.340. The molecule has 118 valence electrons. The van der Waals surface area contributed by atoms with Crippen molar-refractivity contribution in [3.63, 3.8) is 0 Å². The molecule has 0 spiro atoms. The van der Waals surface area contributed by atoms with Gasteiger partial charge in [-0.1, -0.05) is 12.1 Å². The van der Waals surface area contributed by atoms with Crippen LogP contribution in [0.1, 0.15) is 6.92 Å². The highest BCUT2D eigenvalue weighted by molar-refractivity contribution is 7.14. The number of hydrogen-bond donors (Lipinski definition) is 1. The first kappa shape index (κ1) is 15.4.